The third-order valence-electron chi connectivity index (χ3n) is 4.24. The van der Waals surface area contributed by atoms with Gasteiger partial charge in [0.15, 0.2) is 11.5 Å². The summed E-state index contributed by atoms with van der Waals surface area (Å²) in [5.41, 5.74) is -1.50. The van der Waals surface area contributed by atoms with Crippen LogP contribution in [0.15, 0.2) is 30.3 Å². The van der Waals surface area contributed by atoms with Gasteiger partial charge in [-0.3, -0.25) is 9.10 Å². The maximum Gasteiger partial charge on any atom is 0.416 e. The molecule has 1 amide bonds. The number of hydrogen-bond acceptors (Lipinski definition) is 5. The molecule has 0 saturated carbocycles. The van der Waals surface area contributed by atoms with Gasteiger partial charge in [-0.15, -0.1) is 0 Å². The van der Waals surface area contributed by atoms with E-state index in [1.165, 1.54) is 26.4 Å². The van der Waals surface area contributed by atoms with E-state index in [2.05, 4.69) is 5.32 Å². The Morgan fingerprint density at radius 1 is 1.13 bits per heavy atom. The molecule has 7 nitrogen and oxygen atoms in total. The highest BCUT2D eigenvalue weighted by Crippen LogP contribution is 2.38. The molecular weight excluding hydrogens is 461 g/mol. The summed E-state index contributed by atoms with van der Waals surface area (Å²) in [6, 6.07) is 5.01. The van der Waals surface area contributed by atoms with E-state index in [0.29, 0.717) is 6.07 Å². The Morgan fingerprint density at radius 2 is 1.71 bits per heavy atom. The lowest BCUT2D eigenvalue weighted by molar-refractivity contribution is -0.137. The van der Waals surface area contributed by atoms with Crippen LogP contribution in [0.25, 0.3) is 0 Å². The van der Waals surface area contributed by atoms with Crippen LogP contribution in [0.3, 0.4) is 0 Å². The number of halogens is 4. The van der Waals surface area contributed by atoms with Crippen LogP contribution in [0.2, 0.25) is 5.02 Å². The lowest BCUT2D eigenvalue weighted by Crippen LogP contribution is -2.31. The first-order valence-corrected chi connectivity index (χ1v) is 11.0. The molecule has 0 unspecified atom stereocenters. The van der Waals surface area contributed by atoms with E-state index in [-0.39, 0.29) is 40.0 Å². The molecule has 0 aliphatic rings. The minimum atomic E-state index is -4.64. The number of anilines is 2. The Labute approximate surface area is 182 Å². The number of carbonyl (C=O) groups is 1. The molecule has 0 bridgehead atoms. The number of amides is 1. The molecule has 0 spiro atoms. The molecule has 12 heteroatoms. The first-order valence-electron chi connectivity index (χ1n) is 8.75. The molecule has 0 saturated heterocycles. The summed E-state index contributed by atoms with van der Waals surface area (Å²) in [4.78, 5) is 13.0. The van der Waals surface area contributed by atoms with Gasteiger partial charge in [0.1, 0.15) is 0 Å². The predicted molar refractivity (Wildman–Crippen MR) is 112 cm³/mol. The normalized spacial score (nSPS) is 11.7. The quantitative estimate of drug-likeness (QED) is 0.634. The summed E-state index contributed by atoms with van der Waals surface area (Å²) in [5, 5.41) is 2.18. The Balaban J connectivity index is 2.63. The Bertz CT molecular complexity index is 1090. The van der Waals surface area contributed by atoms with Gasteiger partial charge in [-0.2, -0.15) is 13.2 Å². The minimum absolute atomic E-state index is 0.0150. The van der Waals surface area contributed by atoms with Crippen molar-refractivity contribution in [2.24, 2.45) is 0 Å². The molecule has 0 radical (unpaired) electrons. The van der Waals surface area contributed by atoms with Crippen LogP contribution < -0.4 is 19.1 Å². The van der Waals surface area contributed by atoms with E-state index in [4.69, 9.17) is 21.1 Å². The number of carbonyl (C=O) groups excluding carboxylic acids is 1. The summed E-state index contributed by atoms with van der Waals surface area (Å²) < 4.78 is 74.9. The van der Waals surface area contributed by atoms with E-state index in [1.807, 2.05) is 0 Å². The van der Waals surface area contributed by atoms with Gasteiger partial charge in [0.2, 0.25) is 10.0 Å². The van der Waals surface area contributed by atoms with Gasteiger partial charge >= 0.3 is 6.18 Å². The molecular formula is C19H20ClF3N2O5S. The van der Waals surface area contributed by atoms with Gasteiger partial charge in [-0.25, -0.2) is 8.42 Å². The molecule has 0 aliphatic carbocycles. The van der Waals surface area contributed by atoms with Crippen molar-refractivity contribution in [2.45, 2.75) is 13.1 Å². The SMILES string of the molecule is CCN(c1cc(OC)c(OC)cc1C(=O)Nc1cc(C(F)(F)F)ccc1Cl)S(C)(=O)=O. The second kappa shape index (κ2) is 9.23. The highest BCUT2D eigenvalue weighted by molar-refractivity contribution is 7.92. The molecule has 31 heavy (non-hydrogen) atoms. The second-order valence-corrected chi connectivity index (χ2v) is 8.61. The Hall–Kier alpha value is -2.66. The van der Waals surface area contributed by atoms with Crippen molar-refractivity contribution in [3.8, 4) is 11.5 Å². The Kier molecular flexibility index (Phi) is 7.32. The van der Waals surface area contributed by atoms with Crippen molar-refractivity contribution < 1.29 is 35.9 Å². The number of nitrogens with zero attached hydrogens (tertiary/aromatic N) is 1. The van der Waals surface area contributed by atoms with E-state index < -0.39 is 27.7 Å². The van der Waals surface area contributed by atoms with Crippen molar-refractivity contribution in [1.82, 2.24) is 0 Å². The molecule has 2 aromatic carbocycles. The van der Waals surface area contributed by atoms with Crippen molar-refractivity contribution >= 4 is 38.9 Å². The summed E-state index contributed by atoms with van der Waals surface area (Å²) in [6.07, 6.45) is -3.69. The van der Waals surface area contributed by atoms with Gasteiger partial charge in [0.25, 0.3) is 5.91 Å². The largest absolute Gasteiger partial charge is 0.493 e. The van der Waals surface area contributed by atoms with Crippen LogP contribution in [0.4, 0.5) is 24.5 Å². The number of alkyl halides is 3. The molecule has 170 valence electrons. The van der Waals surface area contributed by atoms with E-state index in [0.717, 1.165) is 22.7 Å². The molecule has 0 atom stereocenters. The van der Waals surface area contributed by atoms with Crippen LogP contribution in [0.5, 0.6) is 11.5 Å². The average Bonchev–Trinajstić information content (AvgIpc) is 2.67. The zero-order valence-corrected chi connectivity index (χ0v) is 18.6. The number of hydrogen-bond donors (Lipinski definition) is 1. The van der Waals surface area contributed by atoms with Gasteiger partial charge in [-0.05, 0) is 31.2 Å². The summed E-state index contributed by atoms with van der Waals surface area (Å²) >= 11 is 5.95. The van der Waals surface area contributed by atoms with Crippen molar-refractivity contribution in [1.29, 1.82) is 0 Å². The van der Waals surface area contributed by atoms with Crippen LogP contribution >= 0.6 is 11.6 Å². The fraction of sp³-hybridized carbons (Fsp3) is 0.316. The molecule has 2 aromatic rings. The van der Waals surface area contributed by atoms with Gasteiger partial charge in [-0.1, -0.05) is 11.6 Å². The lowest BCUT2D eigenvalue weighted by atomic mass is 10.1. The average molecular weight is 481 g/mol. The zero-order chi connectivity index (χ0) is 23.6. The van der Waals surface area contributed by atoms with Crippen molar-refractivity contribution in [2.75, 3.05) is 36.6 Å². The fourth-order valence-corrected chi connectivity index (χ4v) is 3.97. The molecule has 0 fully saturated rings. The number of sulfonamides is 1. The Morgan fingerprint density at radius 3 is 2.19 bits per heavy atom. The summed E-state index contributed by atoms with van der Waals surface area (Å²) in [5.74, 6) is -0.608. The standard InChI is InChI=1S/C19H20ClF3N2O5S/c1-5-25(31(4,27)28)15-10-17(30-3)16(29-2)9-12(15)18(26)24-14-8-11(19(21,22)23)6-7-13(14)20/h6-10H,5H2,1-4H3,(H,24,26). The van der Waals surface area contributed by atoms with Gasteiger partial charge in [0, 0.05) is 12.6 Å². The first-order chi connectivity index (χ1) is 14.3. The highest BCUT2D eigenvalue weighted by atomic mass is 35.5. The minimum Gasteiger partial charge on any atom is -0.493 e. The smallest absolute Gasteiger partial charge is 0.416 e. The summed E-state index contributed by atoms with van der Waals surface area (Å²) in [7, 11) is -1.14. The highest BCUT2D eigenvalue weighted by Gasteiger charge is 2.31. The van der Waals surface area contributed by atoms with Crippen LogP contribution in [0, 0.1) is 0 Å². The maximum absolute atomic E-state index is 13.0. The number of methoxy groups -OCH3 is 2. The van der Waals surface area contributed by atoms with E-state index >= 15 is 0 Å². The zero-order valence-electron chi connectivity index (χ0n) is 17.0. The van der Waals surface area contributed by atoms with Gasteiger partial charge < -0.3 is 14.8 Å². The van der Waals surface area contributed by atoms with Crippen LogP contribution in [0.1, 0.15) is 22.8 Å². The van der Waals surface area contributed by atoms with Crippen LogP contribution in [-0.4, -0.2) is 41.3 Å². The lowest BCUT2D eigenvalue weighted by Gasteiger charge is -2.24. The number of nitrogens with one attached hydrogen (secondary N) is 1. The van der Waals surface area contributed by atoms with Crippen LogP contribution in [-0.2, 0) is 16.2 Å². The summed E-state index contributed by atoms with van der Waals surface area (Å²) in [6.45, 7) is 1.54. The fourth-order valence-electron chi connectivity index (χ4n) is 2.83. The monoisotopic (exact) mass is 480 g/mol. The maximum atomic E-state index is 13.0. The predicted octanol–water partition coefficient (Wildman–Crippen LogP) is 4.41. The number of rotatable bonds is 7. The van der Waals surface area contributed by atoms with E-state index in [9.17, 15) is 26.4 Å². The second-order valence-electron chi connectivity index (χ2n) is 6.30. The molecule has 2 rings (SSSR count). The van der Waals surface area contributed by atoms with Gasteiger partial charge in [0.05, 0.1) is 48.0 Å². The number of benzene rings is 2. The van der Waals surface area contributed by atoms with Crippen molar-refractivity contribution in [3.05, 3.63) is 46.5 Å². The third kappa shape index (κ3) is 5.53. The third-order valence-corrected chi connectivity index (χ3v) is 5.83. The van der Waals surface area contributed by atoms with Crippen molar-refractivity contribution in [3.63, 3.8) is 0 Å². The topological polar surface area (TPSA) is 84.9 Å². The number of ether oxygens (including phenoxy) is 2. The van der Waals surface area contributed by atoms with E-state index in [1.54, 1.807) is 6.92 Å². The molecule has 0 aliphatic heterocycles. The molecule has 0 aromatic heterocycles. The molecule has 1 N–H and O–H groups in total. The first kappa shape index (κ1) is 24.6. The molecule has 0 heterocycles.